The summed E-state index contributed by atoms with van der Waals surface area (Å²) in [5.74, 6) is 2.49. The van der Waals surface area contributed by atoms with E-state index in [4.69, 9.17) is 29.9 Å². The molecule has 6 aromatic heterocycles. The van der Waals surface area contributed by atoms with Gasteiger partial charge in [-0.3, -0.25) is 14.7 Å². The predicted molar refractivity (Wildman–Crippen MR) is 581 cm³/mol. The van der Waals surface area contributed by atoms with Gasteiger partial charge in [-0.25, -0.2) is 29.9 Å². The minimum atomic E-state index is 0.811. The minimum absolute atomic E-state index is 0.811. The molecule has 3 aliphatic rings. The van der Waals surface area contributed by atoms with Crippen molar-refractivity contribution in [3.8, 4) is 72.8 Å². The lowest BCUT2D eigenvalue weighted by molar-refractivity contribution is 1.17. The van der Waals surface area contributed by atoms with Crippen LogP contribution in [0.1, 0.15) is 0 Å². The number of thiophene rings is 2. The van der Waals surface area contributed by atoms with Crippen LogP contribution in [0.25, 0.3) is 233 Å². The van der Waals surface area contributed by atoms with E-state index in [-0.39, 0.29) is 0 Å². The predicted octanol–water partition coefficient (Wildman–Crippen LogP) is 35.0. The molecule has 12 heteroatoms. The second kappa shape index (κ2) is 30.8. The zero-order chi connectivity index (χ0) is 90.3. The minimum Gasteiger partial charge on any atom is -0.309 e. The number of rotatable bonds is 7. The molecule has 0 aliphatic carbocycles. The van der Waals surface area contributed by atoms with Crippen LogP contribution < -0.4 is 14.7 Å². The van der Waals surface area contributed by atoms with Gasteiger partial charge in [-0.1, -0.05) is 315 Å². The molecule has 3 aliphatic heterocycles. The molecule has 640 valence electrons. The van der Waals surface area contributed by atoms with Crippen LogP contribution in [0.4, 0.5) is 51.6 Å². The van der Waals surface area contributed by atoms with Crippen molar-refractivity contribution in [1.29, 1.82) is 0 Å². The Morgan fingerprint density at radius 3 is 1.01 bits per heavy atom. The summed E-state index contributed by atoms with van der Waals surface area (Å²) in [5.41, 5.74) is 28.5. The number of benzene rings is 22. The molecule has 0 N–H and O–H groups in total. The molecular formula is C126H74N10S2. The lowest BCUT2D eigenvalue weighted by atomic mass is 9.89. The lowest BCUT2D eigenvalue weighted by Gasteiger charge is -2.34. The topological polar surface area (TPSA) is 92.0 Å². The fourth-order valence-corrected chi connectivity index (χ4v) is 24.4. The normalized spacial score (nSPS) is 12.4. The monoisotopic (exact) mass is 1790 g/mol. The molecule has 0 bridgehead atoms. The quantitative estimate of drug-likeness (QED) is 0.155. The summed E-state index contributed by atoms with van der Waals surface area (Å²) >= 11 is 3.66. The highest BCUT2D eigenvalue weighted by molar-refractivity contribution is 7.26. The van der Waals surface area contributed by atoms with Crippen LogP contribution in [-0.2, 0) is 0 Å². The fourth-order valence-electron chi connectivity index (χ4n) is 22.0. The average molecular weight is 1790 g/mol. The van der Waals surface area contributed by atoms with E-state index in [0.29, 0.717) is 0 Å². The Morgan fingerprint density at radius 2 is 0.514 bits per heavy atom. The molecule has 22 aromatic carbocycles. The standard InChI is InChI=1S/C46H28N4.2C40H23N3S/c1-2-17-32(18-3-1)49-39-24-9-6-19-34(39)44-35(21-12-26-41(44)49)45-46(48-38-23-8-7-22-37(38)47-45)50-40-25-11-16-29-15-10-20-33(43(29)40)36-27-30-13-4-5-14-31(30)28-42(36)50;1-2-11-26-23-35-31(22-25(26)10-1)28-15-7-12-24-13-8-20-34(37(24)28)43(35)40-38(41-32-18-4-5-19-33(32)42-40)30-17-9-16-29-27-14-3-6-21-36(27)44-39(29)30;1-2-10-26-22-35-31(21-25(26)9-1)30-14-7-11-24-12-8-17-34(38(24)30)43(35)40-39(41-32-15-4-5-16-33(32)42-40)27-19-20-29-28-13-3-6-18-36(28)44-37(29)23-27/h1-28H;2*1-23H. The number of nitrogens with zero attached hydrogens (tertiary/aromatic N) is 10. The van der Waals surface area contributed by atoms with Crippen molar-refractivity contribution in [1.82, 2.24) is 34.5 Å². The third-order valence-corrected chi connectivity index (χ3v) is 30.5. The van der Waals surface area contributed by atoms with E-state index in [9.17, 15) is 0 Å². The number of aromatic nitrogens is 7. The zero-order valence-corrected chi connectivity index (χ0v) is 75.6. The van der Waals surface area contributed by atoms with E-state index in [1.807, 2.05) is 59.1 Å². The highest BCUT2D eigenvalue weighted by Crippen LogP contribution is 2.59. The third-order valence-electron chi connectivity index (χ3n) is 28.1. The first-order valence-corrected chi connectivity index (χ1v) is 48.3. The molecule has 0 spiro atoms. The van der Waals surface area contributed by atoms with E-state index in [2.05, 4.69) is 432 Å². The molecule has 0 amide bonds. The van der Waals surface area contributed by atoms with Gasteiger partial charge in [0.25, 0.3) is 0 Å². The smallest absolute Gasteiger partial charge is 0.165 e. The Labute approximate surface area is 799 Å². The zero-order valence-electron chi connectivity index (χ0n) is 74.0. The Balaban J connectivity index is 0.000000100. The largest absolute Gasteiger partial charge is 0.309 e. The Kier molecular flexibility index (Phi) is 17.3. The summed E-state index contributed by atoms with van der Waals surface area (Å²) in [6.07, 6.45) is 0. The second-order valence-electron chi connectivity index (χ2n) is 35.8. The maximum absolute atomic E-state index is 5.52. The van der Waals surface area contributed by atoms with Crippen molar-refractivity contribution < 1.29 is 0 Å². The van der Waals surface area contributed by atoms with Gasteiger partial charge in [-0.05, 0) is 199 Å². The van der Waals surface area contributed by atoms with Crippen LogP contribution in [-0.4, -0.2) is 34.5 Å². The molecule has 9 heterocycles. The molecule has 28 aromatic rings. The van der Waals surface area contributed by atoms with E-state index < -0.39 is 0 Å². The first kappa shape index (κ1) is 77.6. The molecular weight excluding hydrogens is 1720 g/mol. The maximum atomic E-state index is 5.52. The van der Waals surface area contributed by atoms with Gasteiger partial charge in [0, 0.05) is 106 Å². The Hall–Kier alpha value is -17.9. The van der Waals surface area contributed by atoms with Gasteiger partial charge in [-0.15, -0.1) is 22.7 Å². The summed E-state index contributed by atoms with van der Waals surface area (Å²) in [6, 6.07) is 161. The van der Waals surface area contributed by atoms with Crippen molar-refractivity contribution in [2.45, 2.75) is 0 Å². The van der Waals surface area contributed by atoms with Crippen LogP contribution in [0.15, 0.2) is 449 Å². The summed E-state index contributed by atoms with van der Waals surface area (Å²) in [4.78, 5) is 39.7. The van der Waals surface area contributed by atoms with Crippen LogP contribution in [0.3, 0.4) is 0 Å². The average Bonchev–Trinajstić information content (AvgIpc) is 1.47. The number of hydrogen-bond acceptors (Lipinski definition) is 11. The molecule has 0 saturated heterocycles. The van der Waals surface area contributed by atoms with Gasteiger partial charge in [0.1, 0.15) is 17.1 Å². The van der Waals surface area contributed by atoms with Crippen LogP contribution in [0.5, 0.6) is 0 Å². The van der Waals surface area contributed by atoms with E-state index in [1.54, 1.807) is 0 Å². The number of fused-ring (bicyclic) bond motifs is 21. The summed E-state index contributed by atoms with van der Waals surface area (Å²) in [7, 11) is 0. The van der Waals surface area contributed by atoms with Crippen LogP contribution in [0.2, 0.25) is 0 Å². The highest BCUT2D eigenvalue weighted by Gasteiger charge is 2.36. The van der Waals surface area contributed by atoms with Crippen molar-refractivity contribution in [3.05, 3.63) is 449 Å². The molecule has 0 unspecified atom stereocenters. The first-order valence-electron chi connectivity index (χ1n) is 46.7. The SMILES string of the molecule is c1ccc(-n2c3ccccc3c3c(-c4nc5ccccc5nc4N4c5cc6ccccc6cc5-c5cccc6cccc4c56)cccc32)cc1.c1ccc2cc3c(cc2c1)-c1cccc2cccc(c12)N3c1nc2ccccc2nc1-c1ccc2c(c1)sc1ccccc12.c1ccc2cc3c(cc2c1)-c1cccc2cccc(c12)N3c1nc2ccccc2nc1-c1cccc2c1sc1ccccc12. The van der Waals surface area contributed by atoms with Gasteiger partial charge < -0.3 is 4.57 Å². The van der Waals surface area contributed by atoms with Crippen LogP contribution in [0, 0.1) is 0 Å². The lowest BCUT2D eigenvalue weighted by Crippen LogP contribution is -2.18. The van der Waals surface area contributed by atoms with Gasteiger partial charge >= 0.3 is 0 Å². The summed E-state index contributed by atoms with van der Waals surface area (Å²) < 4.78 is 7.42. The fraction of sp³-hybridized carbons (Fsp3) is 0. The molecule has 31 rings (SSSR count). The van der Waals surface area contributed by atoms with Crippen LogP contribution >= 0.6 is 22.7 Å². The Bertz CT molecular complexity index is 10100. The van der Waals surface area contributed by atoms with Crippen molar-refractivity contribution >= 4 is 234 Å². The molecule has 0 fully saturated rings. The number of hydrogen-bond donors (Lipinski definition) is 0. The molecule has 0 saturated carbocycles. The van der Waals surface area contributed by atoms with Gasteiger partial charge in [-0.2, -0.15) is 0 Å². The van der Waals surface area contributed by atoms with Crippen molar-refractivity contribution in [2.75, 3.05) is 14.7 Å². The van der Waals surface area contributed by atoms with Gasteiger partial charge in [0.2, 0.25) is 0 Å². The third kappa shape index (κ3) is 12.1. The highest BCUT2D eigenvalue weighted by atomic mass is 32.1. The van der Waals surface area contributed by atoms with Crippen molar-refractivity contribution in [3.63, 3.8) is 0 Å². The Morgan fingerprint density at radius 1 is 0.181 bits per heavy atom. The summed E-state index contributed by atoms with van der Waals surface area (Å²) in [5, 5.41) is 22.0. The molecule has 0 atom stereocenters. The van der Waals surface area contributed by atoms with Gasteiger partial charge in [0.15, 0.2) is 17.5 Å². The number of anilines is 9. The van der Waals surface area contributed by atoms with E-state index >= 15 is 0 Å². The maximum Gasteiger partial charge on any atom is 0.165 e. The van der Waals surface area contributed by atoms with E-state index in [0.717, 1.165) is 141 Å². The number of para-hydroxylation sites is 8. The van der Waals surface area contributed by atoms with Gasteiger partial charge in [0.05, 0.1) is 78.3 Å². The molecule has 0 radical (unpaired) electrons. The first-order chi connectivity index (χ1) is 68.4. The molecule has 10 nitrogen and oxygen atoms in total. The second-order valence-corrected chi connectivity index (χ2v) is 38.0. The molecule has 138 heavy (non-hydrogen) atoms. The van der Waals surface area contributed by atoms with E-state index in [1.165, 1.54) is 144 Å². The van der Waals surface area contributed by atoms with Crippen molar-refractivity contribution in [2.24, 2.45) is 0 Å². The summed E-state index contributed by atoms with van der Waals surface area (Å²) in [6.45, 7) is 0.